The lowest BCUT2D eigenvalue weighted by Crippen LogP contribution is -2.35. The van der Waals surface area contributed by atoms with Crippen LogP contribution in [0.1, 0.15) is 41.7 Å². The average molecular weight is 644 g/mol. The maximum absolute atomic E-state index is 14.0. The molecule has 39 heavy (non-hydrogen) atoms. The minimum Gasteiger partial charge on any atom is -0.472 e. The number of rotatable bonds is 2. The summed E-state index contributed by atoms with van der Waals surface area (Å²) in [7, 11) is 0. The van der Waals surface area contributed by atoms with E-state index in [0.29, 0.717) is 0 Å². The van der Waals surface area contributed by atoms with E-state index in [4.69, 9.17) is 4.74 Å². The van der Waals surface area contributed by atoms with Crippen molar-refractivity contribution in [3.63, 3.8) is 0 Å². The van der Waals surface area contributed by atoms with E-state index in [1.807, 2.05) is 12.1 Å². The summed E-state index contributed by atoms with van der Waals surface area (Å²) in [4.78, 5) is 0. The van der Waals surface area contributed by atoms with Crippen LogP contribution in [0.5, 0.6) is 5.75 Å². The Bertz CT molecular complexity index is 1790. The van der Waals surface area contributed by atoms with Gasteiger partial charge in [0.25, 0.3) is 0 Å². The van der Waals surface area contributed by atoms with Crippen molar-refractivity contribution in [3.05, 3.63) is 139 Å². The Balaban J connectivity index is 1.57. The van der Waals surface area contributed by atoms with Crippen LogP contribution in [0, 0.1) is 11.6 Å². The van der Waals surface area contributed by atoms with Gasteiger partial charge in [-0.3, -0.25) is 0 Å². The van der Waals surface area contributed by atoms with Gasteiger partial charge in [0, 0.05) is 36.4 Å². The van der Waals surface area contributed by atoms with Gasteiger partial charge in [-0.1, -0.05) is 100 Å². The third-order valence-electron chi connectivity index (χ3n) is 8.07. The van der Waals surface area contributed by atoms with Crippen molar-refractivity contribution in [2.24, 2.45) is 0 Å². The van der Waals surface area contributed by atoms with Crippen molar-refractivity contribution < 1.29 is 13.5 Å². The Morgan fingerprint density at radius 2 is 1.31 bits per heavy atom. The number of hydrogen-bond acceptors (Lipinski definition) is 1. The molecule has 0 atom stereocenters. The van der Waals surface area contributed by atoms with Crippen molar-refractivity contribution in [3.8, 4) is 16.9 Å². The zero-order valence-electron chi connectivity index (χ0n) is 21.2. The first kappa shape index (κ1) is 24.7. The van der Waals surface area contributed by atoms with Crippen molar-refractivity contribution in [2.45, 2.75) is 24.9 Å². The van der Waals surface area contributed by atoms with Gasteiger partial charge in [-0.05, 0) is 70.1 Å². The molecule has 1 aliphatic carbocycles. The molecule has 7 rings (SSSR count). The normalized spacial score (nSPS) is 15.9. The molecule has 0 spiro atoms. The highest BCUT2D eigenvalue weighted by Gasteiger charge is 2.45. The number of ether oxygens (including phenoxy) is 1. The predicted octanol–water partition coefficient (Wildman–Crippen LogP) is 10.3. The van der Waals surface area contributed by atoms with Gasteiger partial charge < -0.3 is 4.74 Å². The molecule has 0 amide bonds. The second-order valence-corrected chi connectivity index (χ2v) is 12.4. The Morgan fingerprint density at radius 3 is 1.92 bits per heavy atom. The van der Waals surface area contributed by atoms with Gasteiger partial charge in [0.1, 0.15) is 17.4 Å². The SMILES string of the molecule is CC1(C)c2c(Br)cc(Br)cc2-c2c1c1c(c3ccccc23)OC(c2ccc(F)cc2)(c2ccc(F)cc2)C=C1. The van der Waals surface area contributed by atoms with Crippen molar-refractivity contribution in [2.75, 3.05) is 0 Å². The molecule has 0 saturated carbocycles. The molecule has 5 heteroatoms. The van der Waals surface area contributed by atoms with Crippen LogP contribution in [0.15, 0.2) is 100.0 Å². The van der Waals surface area contributed by atoms with E-state index in [-0.39, 0.29) is 17.0 Å². The minimum atomic E-state index is -1.06. The molecule has 0 unspecified atom stereocenters. The van der Waals surface area contributed by atoms with Crippen LogP contribution >= 0.6 is 31.9 Å². The Kier molecular flexibility index (Phi) is 5.46. The molecule has 1 aliphatic heterocycles. The largest absolute Gasteiger partial charge is 0.472 e. The average Bonchev–Trinajstić information content (AvgIpc) is 3.16. The second kappa shape index (κ2) is 8.61. The zero-order valence-corrected chi connectivity index (χ0v) is 24.3. The zero-order chi connectivity index (χ0) is 27.1. The highest BCUT2D eigenvalue weighted by molar-refractivity contribution is 9.11. The number of hydrogen-bond donors (Lipinski definition) is 0. The fraction of sp³-hybridized carbons (Fsp3) is 0.118. The quantitative estimate of drug-likeness (QED) is 0.186. The lowest BCUT2D eigenvalue weighted by molar-refractivity contribution is 0.163. The first-order chi connectivity index (χ1) is 18.7. The molecule has 0 saturated heterocycles. The van der Waals surface area contributed by atoms with Crippen LogP contribution in [0.25, 0.3) is 28.0 Å². The van der Waals surface area contributed by atoms with E-state index in [1.165, 1.54) is 46.5 Å². The first-order valence-corrected chi connectivity index (χ1v) is 14.3. The van der Waals surface area contributed by atoms with Gasteiger partial charge in [0.15, 0.2) is 5.60 Å². The summed E-state index contributed by atoms with van der Waals surface area (Å²) >= 11 is 7.54. The van der Waals surface area contributed by atoms with Crippen molar-refractivity contribution >= 4 is 48.7 Å². The molecule has 0 N–H and O–H groups in total. The van der Waals surface area contributed by atoms with Crippen molar-refractivity contribution in [1.82, 2.24) is 0 Å². The van der Waals surface area contributed by atoms with E-state index < -0.39 is 5.60 Å². The van der Waals surface area contributed by atoms with E-state index in [2.05, 4.69) is 82.1 Å². The molecule has 0 bridgehead atoms. The monoisotopic (exact) mass is 642 g/mol. The molecule has 5 aromatic rings. The molecule has 0 radical (unpaired) electrons. The fourth-order valence-corrected chi connectivity index (χ4v) is 8.14. The van der Waals surface area contributed by atoms with Crippen LogP contribution in [-0.4, -0.2) is 0 Å². The third kappa shape index (κ3) is 3.52. The Labute approximate surface area is 242 Å². The number of benzene rings is 5. The predicted molar refractivity (Wildman–Crippen MR) is 160 cm³/mol. The Hall–Kier alpha value is -3.28. The second-order valence-electron chi connectivity index (χ2n) is 10.7. The Morgan fingerprint density at radius 1 is 0.718 bits per heavy atom. The molecule has 192 valence electrons. The lowest BCUT2D eigenvalue weighted by atomic mass is 9.77. The molecule has 1 heterocycles. The summed E-state index contributed by atoms with van der Waals surface area (Å²) in [5, 5.41) is 2.09. The highest BCUT2D eigenvalue weighted by atomic mass is 79.9. The summed E-state index contributed by atoms with van der Waals surface area (Å²) in [6, 6.07) is 25.3. The smallest absolute Gasteiger partial charge is 0.178 e. The topological polar surface area (TPSA) is 9.23 Å². The summed E-state index contributed by atoms with van der Waals surface area (Å²) < 4.78 is 37.2. The van der Waals surface area contributed by atoms with Crippen LogP contribution in [0.2, 0.25) is 0 Å². The molecule has 1 nitrogen and oxygen atoms in total. The lowest BCUT2D eigenvalue weighted by Gasteiger charge is -2.38. The van der Waals surface area contributed by atoms with E-state index in [1.54, 1.807) is 24.3 Å². The van der Waals surface area contributed by atoms with Crippen LogP contribution in [0.4, 0.5) is 8.78 Å². The summed E-state index contributed by atoms with van der Waals surface area (Å²) in [5.41, 5.74) is 6.01. The first-order valence-electron chi connectivity index (χ1n) is 12.7. The molecule has 0 fully saturated rings. The molecule has 0 aromatic heterocycles. The van der Waals surface area contributed by atoms with E-state index >= 15 is 0 Å². The maximum Gasteiger partial charge on any atom is 0.178 e. The maximum atomic E-state index is 14.0. The van der Waals surface area contributed by atoms with Crippen molar-refractivity contribution in [1.29, 1.82) is 0 Å². The molecule has 2 aliphatic rings. The van der Waals surface area contributed by atoms with Crippen LogP contribution in [0.3, 0.4) is 0 Å². The standard InChI is InChI=1S/C34H22Br2F2O/c1-33(2)30-27(17-21(35)18-28(30)36)29-24-5-3-4-6-25(24)32-26(31(29)33)15-16-34(39-32,19-7-11-22(37)12-8-19)20-9-13-23(38)14-10-20/h3-18H,1-2H3. The van der Waals surface area contributed by atoms with Gasteiger partial charge in [-0.25, -0.2) is 8.78 Å². The van der Waals surface area contributed by atoms with Gasteiger partial charge in [0.05, 0.1) is 0 Å². The summed E-state index contributed by atoms with van der Waals surface area (Å²) in [6.07, 6.45) is 4.16. The number of fused-ring (bicyclic) bond motifs is 8. The van der Waals surface area contributed by atoms with Gasteiger partial charge >= 0.3 is 0 Å². The molecular weight excluding hydrogens is 622 g/mol. The highest BCUT2D eigenvalue weighted by Crippen LogP contribution is 2.59. The minimum absolute atomic E-state index is 0.308. The summed E-state index contributed by atoms with van der Waals surface area (Å²) in [5.74, 6) is 0.108. The fourth-order valence-electron chi connectivity index (χ4n) is 6.42. The molecular formula is C34H22Br2F2O. The van der Waals surface area contributed by atoms with Crippen LogP contribution in [-0.2, 0) is 11.0 Å². The van der Waals surface area contributed by atoms with Gasteiger partial charge in [0.2, 0.25) is 0 Å². The number of halogens is 4. The van der Waals surface area contributed by atoms with E-state index in [0.717, 1.165) is 42.2 Å². The van der Waals surface area contributed by atoms with Gasteiger partial charge in [-0.2, -0.15) is 0 Å². The summed E-state index contributed by atoms with van der Waals surface area (Å²) in [6.45, 7) is 4.50. The third-order valence-corrected chi connectivity index (χ3v) is 9.16. The van der Waals surface area contributed by atoms with Gasteiger partial charge in [-0.15, -0.1) is 0 Å². The molecule has 5 aromatic carbocycles. The van der Waals surface area contributed by atoms with E-state index in [9.17, 15) is 8.78 Å². The van der Waals surface area contributed by atoms with Crippen LogP contribution < -0.4 is 4.74 Å².